The lowest BCUT2D eigenvalue weighted by Gasteiger charge is -2.53. The van der Waals surface area contributed by atoms with Crippen molar-refractivity contribution in [3.8, 4) is 0 Å². The number of allylic oxidation sites excluding steroid dienone is 4. The van der Waals surface area contributed by atoms with E-state index < -0.39 is 5.37 Å². The summed E-state index contributed by atoms with van der Waals surface area (Å²) in [5.41, 5.74) is 2.34. The van der Waals surface area contributed by atoms with E-state index in [1.807, 2.05) is 36.4 Å². The number of hydrogen-bond donors (Lipinski definition) is 0. The van der Waals surface area contributed by atoms with E-state index in [4.69, 9.17) is 0 Å². The number of ketones is 2. The quantitative estimate of drug-likeness (QED) is 0.164. The number of nitrogens with zero attached hydrogens (tertiary/aromatic N) is 1. The van der Waals surface area contributed by atoms with Crippen LogP contribution in [0.2, 0.25) is 0 Å². The van der Waals surface area contributed by atoms with Crippen LogP contribution in [0.25, 0.3) is 0 Å². The highest BCUT2D eigenvalue weighted by molar-refractivity contribution is 7.99. The molecule has 0 heterocycles. The van der Waals surface area contributed by atoms with Crippen LogP contribution in [0, 0.1) is 44.6 Å². The molecule has 0 aliphatic heterocycles. The van der Waals surface area contributed by atoms with Gasteiger partial charge in [0.25, 0.3) is 5.37 Å². The molecule has 34 heavy (non-hydrogen) atoms. The zero-order chi connectivity index (χ0) is 24.3. The monoisotopic (exact) mass is 479 g/mol. The number of Topliss-reactive ketones (excluding diaryl/α,β-unsaturated/α-hetero) is 1. The van der Waals surface area contributed by atoms with Crippen molar-refractivity contribution >= 4 is 23.3 Å². The van der Waals surface area contributed by atoms with Gasteiger partial charge in [0, 0.05) is 33.5 Å². The Morgan fingerprint density at radius 1 is 1.21 bits per heavy atom. The first-order valence-electron chi connectivity index (χ1n) is 12.5. The molecule has 4 aliphatic rings. The van der Waals surface area contributed by atoms with Crippen LogP contribution < -0.4 is 0 Å². The van der Waals surface area contributed by atoms with E-state index in [9.17, 15) is 19.7 Å². The van der Waals surface area contributed by atoms with Gasteiger partial charge in [-0.15, -0.1) is 0 Å². The molecule has 1 aromatic rings. The molecule has 0 radical (unpaired) electrons. The van der Waals surface area contributed by atoms with Gasteiger partial charge < -0.3 is 0 Å². The summed E-state index contributed by atoms with van der Waals surface area (Å²) in [6.07, 6.45) is 9.03. The van der Waals surface area contributed by atoms with Gasteiger partial charge in [0.15, 0.2) is 5.78 Å². The molecule has 4 aliphatic carbocycles. The molecule has 0 saturated heterocycles. The smallest absolute Gasteiger partial charge is 0.266 e. The molecule has 7 atom stereocenters. The molecule has 2 fully saturated rings. The Kier molecular flexibility index (Phi) is 5.86. The molecule has 1 unspecified atom stereocenters. The van der Waals surface area contributed by atoms with Crippen LogP contribution in [0.4, 0.5) is 0 Å². The van der Waals surface area contributed by atoms with Crippen LogP contribution >= 0.6 is 11.8 Å². The van der Waals surface area contributed by atoms with Gasteiger partial charge in [0.1, 0.15) is 5.78 Å². The summed E-state index contributed by atoms with van der Waals surface area (Å²) < 4.78 is 0. The Morgan fingerprint density at radius 3 is 2.62 bits per heavy atom. The molecule has 6 heteroatoms. The Balaban J connectivity index is 1.51. The summed E-state index contributed by atoms with van der Waals surface area (Å²) in [5.74, 6) is 0.281. The van der Waals surface area contributed by atoms with E-state index in [-0.39, 0.29) is 45.1 Å². The van der Waals surface area contributed by atoms with Gasteiger partial charge in [-0.2, -0.15) is 0 Å². The van der Waals surface area contributed by atoms with E-state index in [1.54, 1.807) is 6.92 Å². The lowest BCUT2D eigenvalue weighted by Crippen LogP contribution is -2.46. The summed E-state index contributed by atoms with van der Waals surface area (Å²) in [6.45, 7) is 6.12. The summed E-state index contributed by atoms with van der Waals surface area (Å²) in [5, 5.41) is 11.5. The largest absolute Gasteiger partial charge is 0.300 e. The number of carbonyl (C=O) groups excluding carboxylic acids is 2. The number of hydrogen-bond acceptors (Lipinski definition) is 5. The summed E-state index contributed by atoms with van der Waals surface area (Å²) in [4.78, 5) is 38.2. The molecular formula is C28H33NO4S. The minimum atomic E-state index is -0.843. The Hall–Kier alpha value is -2.21. The van der Waals surface area contributed by atoms with Crippen LogP contribution in [-0.2, 0) is 9.59 Å². The Labute approximate surface area is 205 Å². The van der Waals surface area contributed by atoms with Crippen LogP contribution in [0.15, 0.2) is 58.5 Å². The van der Waals surface area contributed by atoms with E-state index in [1.165, 1.54) is 22.9 Å². The average Bonchev–Trinajstić information content (AvgIpc) is 3.11. The van der Waals surface area contributed by atoms with Crippen molar-refractivity contribution in [3.05, 3.63) is 63.7 Å². The summed E-state index contributed by atoms with van der Waals surface area (Å²) in [7, 11) is 0. The molecule has 2 saturated carbocycles. The first-order valence-corrected chi connectivity index (χ1v) is 13.3. The van der Waals surface area contributed by atoms with Gasteiger partial charge in [-0.25, -0.2) is 0 Å². The predicted molar refractivity (Wildman–Crippen MR) is 133 cm³/mol. The number of nitro groups is 1. The lowest BCUT2D eigenvalue weighted by atomic mass is 9.51. The SMILES string of the molecule is CC(=O)[C@H]1[C@@H](C(Sc2ccccc2)[N+](=O)[O-])C[C@H]2[C@@H]3CCC4=CC(=O)CC[C@]4(C)C3=CC[C@@]21C. The van der Waals surface area contributed by atoms with E-state index in [0.29, 0.717) is 18.8 Å². The fraction of sp³-hybridized carbons (Fsp3) is 0.571. The molecule has 5 nitrogen and oxygen atoms in total. The van der Waals surface area contributed by atoms with Gasteiger partial charge in [-0.1, -0.05) is 49.3 Å². The Bertz CT molecular complexity index is 1090. The minimum Gasteiger partial charge on any atom is -0.300 e. The fourth-order valence-corrected chi connectivity index (χ4v) is 9.05. The van der Waals surface area contributed by atoms with Crippen molar-refractivity contribution < 1.29 is 14.5 Å². The van der Waals surface area contributed by atoms with Crippen LogP contribution in [0.1, 0.15) is 59.3 Å². The standard InChI is InChI=1S/C28H33NO4S/c1-17(30)25-22(26(29(32)33)34-20-7-5-4-6-8-20)16-24-21-10-9-18-15-19(31)11-13-27(18,2)23(21)12-14-28(24,25)3/h4-8,12,15,21-22,24-26H,9-11,13-14,16H2,1-3H3/t21-,22+,24+,25+,26?,27+,28+/m1/s1. The third-order valence-corrected chi connectivity index (χ3v) is 10.8. The fourth-order valence-electron chi connectivity index (χ4n) is 7.93. The molecule has 180 valence electrons. The molecule has 5 rings (SSSR count). The average molecular weight is 480 g/mol. The second kappa shape index (κ2) is 8.47. The van der Waals surface area contributed by atoms with Crippen molar-refractivity contribution in [1.29, 1.82) is 0 Å². The number of fused-ring (bicyclic) bond motifs is 5. The number of rotatable bonds is 5. The van der Waals surface area contributed by atoms with Gasteiger partial charge in [0.2, 0.25) is 0 Å². The van der Waals surface area contributed by atoms with Crippen LogP contribution in [-0.4, -0.2) is 21.9 Å². The summed E-state index contributed by atoms with van der Waals surface area (Å²) >= 11 is 1.29. The molecule has 0 bridgehead atoms. The third-order valence-electron chi connectivity index (χ3n) is 9.45. The normalized spacial score (nSPS) is 37.6. The highest BCUT2D eigenvalue weighted by atomic mass is 32.2. The van der Waals surface area contributed by atoms with E-state index >= 15 is 0 Å². The zero-order valence-corrected chi connectivity index (χ0v) is 21.0. The third kappa shape index (κ3) is 3.60. The second-order valence-corrected chi connectivity index (χ2v) is 12.4. The maximum Gasteiger partial charge on any atom is 0.266 e. The number of carbonyl (C=O) groups is 2. The second-order valence-electron chi connectivity index (χ2n) is 11.2. The molecule has 1 aromatic carbocycles. The van der Waals surface area contributed by atoms with Crippen LogP contribution in [0.5, 0.6) is 0 Å². The van der Waals surface area contributed by atoms with Crippen molar-refractivity contribution in [1.82, 2.24) is 0 Å². The first kappa shape index (κ1) is 23.5. The van der Waals surface area contributed by atoms with Gasteiger partial charge in [-0.3, -0.25) is 19.7 Å². The number of benzene rings is 1. The summed E-state index contributed by atoms with van der Waals surface area (Å²) in [6, 6.07) is 9.53. The molecule has 0 N–H and O–H groups in total. The molecule has 0 spiro atoms. The van der Waals surface area contributed by atoms with Crippen molar-refractivity contribution in [2.45, 2.75) is 69.6 Å². The maximum atomic E-state index is 13.1. The molecule has 0 aromatic heterocycles. The van der Waals surface area contributed by atoms with E-state index in [2.05, 4.69) is 19.9 Å². The van der Waals surface area contributed by atoms with Crippen molar-refractivity contribution in [2.24, 2.45) is 34.5 Å². The van der Waals surface area contributed by atoms with Crippen LogP contribution in [0.3, 0.4) is 0 Å². The highest BCUT2D eigenvalue weighted by Gasteiger charge is 2.63. The lowest BCUT2D eigenvalue weighted by molar-refractivity contribution is -0.505. The predicted octanol–water partition coefficient (Wildman–Crippen LogP) is 6.26. The van der Waals surface area contributed by atoms with Gasteiger partial charge in [-0.05, 0) is 86.2 Å². The first-order chi connectivity index (χ1) is 16.1. The maximum absolute atomic E-state index is 13.1. The molecule has 0 amide bonds. The van der Waals surface area contributed by atoms with Crippen molar-refractivity contribution in [2.75, 3.05) is 0 Å². The van der Waals surface area contributed by atoms with E-state index in [0.717, 1.165) is 30.6 Å². The number of thioether (sulfide) groups is 1. The highest BCUT2D eigenvalue weighted by Crippen LogP contribution is 2.66. The van der Waals surface area contributed by atoms with Gasteiger partial charge in [0.05, 0.1) is 0 Å². The van der Waals surface area contributed by atoms with Crippen molar-refractivity contribution in [3.63, 3.8) is 0 Å². The minimum absolute atomic E-state index is 0.0801. The Morgan fingerprint density at radius 2 is 1.94 bits per heavy atom. The zero-order valence-electron chi connectivity index (χ0n) is 20.2. The topological polar surface area (TPSA) is 77.3 Å². The molecular weight excluding hydrogens is 446 g/mol. The van der Waals surface area contributed by atoms with Gasteiger partial charge >= 0.3 is 0 Å².